The van der Waals surface area contributed by atoms with Crippen molar-refractivity contribution in [2.45, 2.75) is 18.3 Å². The maximum absolute atomic E-state index is 10.5. The number of hydrogen-bond acceptors (Lipinski definition) is 6. The first-order valence-electron chi connectivity index (χ1n) is 3.33. The van der Waals surface area contributed by atoms with Crippen molar-refractivity contribution in [1.82, 2.24) is 0 Å². The number of aliphatic hydroxyl groups is 5. The molecule has 0 aromatic heterocycles. The number of Topliss-reactive ketones (excluding diaryl/α,β-unsaturated/α-hetero) is 1. The van der Waals surface area contributed by atoms with Crippen molar-refractivity contribution in [2.24, 2.45) is 0 Å². The number of hydrogen-bond donors (Lipinski definition) is 5. The van der Waals surface area contributed by atoms with Crippen LogP contribution in [0.5, 0.6) is 0 Å². The quantitative estimate of drug-likeness (QED) is 0.335. The van der Waals surface area contributed by atoms with Gasteiger partial charge in [-0.25, -0.2) is 0 Å². The Bertz CT molecular complexity index is 152. The number of carbonyl (C=O) groups is 1. The second-order valence-electron chi connectivity index (χ2n) is 2.31. The average Bonchev–Trinajstić information content (AvgIpc) is 2.12. The van der Waals surface area contributed by atoms with Crippen LogP contribution in [0.15, 0.2) is 0 Å². The first kappa shape index (κ1) is 15.2. The van der Waals surface area contributed by atoms with Gasteiger partial charge in [0.2, 0.25) is 0 Å². The lowest BCUT2D eigenvalue weighted by molar-refractivity contribution is -0.142. The Morgan fingerprint density at radius 1 is 1.15 bits per heavy atom. The van der Waals surface area contributed by atoms with Crippen LogP contribution in [-0.2, 0) is 4.79 Å². The Balaban J connectivity index is 0. The molecule has 80 valence electrons. The van der Waals surface area contributed by atoms with E-state index in [2.05, 4.69) is 0 Å². The number of halogens is 1. The summed E-state index contributed by atoms with van der Waals surface area (Å²) in [7, 11) is 0. The molecule has 6 nitrogen and oxygen atoms in total. The Kier molecular flexibility index (Phi) is 8.43. The minimum atomic E-state index is -1.86. The van der Waals surface area contributed by atoms with Crippen LogP contribution in [0.4, 0.5) is 0 Å². The molecule has 3 atom stereocenters. The number of aliphatic hydroxyl groups excluding tert-OH is 5. The first-order valence-corrected chi connectivity index (χ1v) is 3.33. The molecular formula is C6H13ClO6. The third kappa shape index (κ3) is 4.51. The Morgan fingerprint density at radius 2 is 1.62 bits per heavy atom. The predicted molar refractivity (Wildman–Crippen MR) is 44.4 cm³/mol. The number of ketones is 1. The van der Waals surface area contributed by atoms with Gasteiger partial charge in [-0.3, -0.25) is 4.79 Å². The van der Waals surface area contributed by atoms with Gasteiger partial charge in [0.25, 0.3) is 0 Å². The summed E-state index contributed by atoms with van der Waals surface area (Å²) in [6.45, 7) is -1.69. The van der Waals surface area contributed by atoms with Crippen molar-refractivity contribution in [3.8, 4) is 0 Å². The minimum Gasteiger partial charge on any atom is -0.394 e. The second-order valence-corrected chi connectivity index (χ2v) is 2.31. The van der Waals surface area contributed by atoms with E-state index in [-0.39, 0.29) is 12.4 Å². The van der Waals surface area contributed by atoms with E-state index in [0.717, 1.165) is 0 Å². The van der Waals surface area contributed by atoms with Crippen molar-refractivity contribution < 1.29 is 30.3 Å². The van der Waals surface area contributed by atoms with Crippen LogP contribution in [0.2, 0.25) is 0 Å². The van der Waals surface area contributed by atoms with E-state index in [1.165, 1.54) is 0 Å². The molecule has 0 heterocycles. The molecule has 0 aliphatic carbocycles. The molecule has 0 rings (SSSR count). The van der Waals surface area contributed by atoms with Gasteiger partial charge in [0.1, 0.15) is 24.9 Å². The number of carbonyl (C=O) groups excluding carboxylic acids is 1. The molecule has 7 heteroatoms. The lowest BCUT2D eigenvalue weighted by Crippen LogP contribution is -2.44. The highest BCUT2D eigenvalue weighted by Crippen LogP contribution is 2.00. The second kappa shape index (κ2) is 7.19. The summed E-state index contributed by atoms with van der Waals surface area (Å²) in [5.41, 5.74) is 0. The molecule has 0 aliphatic rings. The topological polar surface area (TPSA) is 118 Å². The van der Waals surface area contributed by atoms with Crippen molar-refractivity contribution in [3.05, 3.63) is 0 Å². The van der Waals surface area contributed by atoms with Crippen LogP contribution in [-0.4, -0.2) is 62.8 Å². The van der Waals surface area contributed by atoms with Crippen LogP contribution in [0.25, 0.3) is 0 Å². The molecule has 0 fully saturated rings. The molecule has 0 aromatic rings. The van der Waals surface area contributed by atoms with Gasteiger partial charge in [0.05, 0.1) is 6.61 Å². The summed E-state index contributed by atoms with van der Waals surface area (Å²) in [5.74, 6) is -1.00. The predicted octanol–water partition coefficient (Wildman–Crippen LogP) is -2.96. The zero-order chi connectivity index (χ0) is 9.72. The Labute approximate surface area is 80.8 Å². The summed E-state index contributed by atoms with van der Waals surface area (Å²) < 4.78 is 0. The smallest absolute Gasteiger partial charge is 0.189 e. The summed E-state index contributed by atoms with van der Waals surface area (Å²) in [4.78, 5) is 10.5. The monoisotopic (exact) mass is 216 g/mol. The van der Waals surface area contributed by atoms with Crippen LogP contribution >= 0.6 is 12.4 Å². The summed E-state index contributed by atoms with van der Waals surface area (Å²) >= 11 is 0. The fourth-order valence-electron chi connectivity index (χ4n) is 0.602. The van der Waals surface area contributed by atoms with Crippen LogP contribution in [0.3, 0.4) is 0 Å². The molecule has 5 N–H and O–H groups in total. The molecule has 0 aliphatic heterocycles. The van der Waals surface area contributed by atoms with E-state index in [0.29, 0.717) is 0 Å². The third-order valence-corrected chi connectivity index (χ3v) is 1.39. The fraction of sp³-hybridized carbons (Fsp3) is 0.833. The van der Waals surface area contributed by atoms with Gasteiger partial charge in [-0.2, -0.15) is 0 Å². The Hall–Kier alpha value is -0.240. The van der Waals surface area contributed by atoms with E-state index in [4.69, 9.17) is 25.5 Å². The van der Waals surface area contributed by atoms with Crippen LogP contribution < -0.4 is 0 Å². The van der Waals surface area contributed by atoms with Gasteiger partial charge in [-0.1, -0.05) is 0 Å². The van der Waals surface area contributed by atoms with Gasteiger partial charge in [0.15, 0.2) is 5.78 Å². The molecular weight excluding hydrogens is 204 g/mol. The van der Waals surface area contributed by atoms with E-state index in [1.807, 2.05) is 0 Å². The summed E-state index contributed by atoms with van der Waals surface area (Å²) in [6.07, 6.45) is -5.22. The van der Waals surface area contributed by atoms with Gasteiger partial charge in [0, 0.05) is 0 Å². The van der Waals surface area contributed by atoms with E-state index >= 15 is 0 Å². The van der Waals surface area contributed by atoms with E-state index in [1.54, 1.807) is 0 Å². The zero-order valence-corrected chi connectivity index (χ0v) is 7.52. The SMILES string of the molecule is Cl.O=C(CO)[C@@H](O)[C@H](O)[C@H](O)CO. The maximum atomic E-state index is 10.5. The summed E-state index contributed by atoms with van der Waals surface area (Å²) in [5, 5.41) is 43.1. The van der Waals surface area contributed by atoms with Gasteiger partial charge >= 0.3 is 0 Å². The summed E-state index contributed by atoms with van der Waals surface area (Å²) in [6, 6.07) is 0. The Morgan fingerprint density at radius 3 is 1.92 bits per heavy atom. The lowest BCUT2D eigenvalue weighted by atomic mass is 10.1. The molecule has 0 aromatic carbocycles. The van der Waals surface area contributed by atoms with Gasteiger partial charge < -0.3 is 25.5 Å². The highest BCUT2D eigenvalue weighted by atomic mass is 35.5. The number of rotatable bonds is 5. The highest BCUT2D eigenvalue weighted by Gasteiger charge is 2.28. The van der Waals surface area contributed by atoms with Gasteiger partial charge in [-0.05, 0) is 0 Å². The lowest BCUT2D eigenvalue weighted by Gasteiger charge is -2.19. The van der Waals surface area contributed by atoms with Crippen molar-refractivity contribution in [2.75, 3.05) is 13.2 Å². The van der Waals surface area contributed by atoms with E-state index in [9.17, 15) is 4.79 Å². The third-order valence-electron chi connectivity index (χ3n) is 1.39. The molecule has 0 unspecified atom stereocenters. The van der Waals surface area contributed by atoms with Gasteiger partial charge in [-0.15, -0.1) is 12.4 Å². The molecule has 0 spiro atoms. The van der Waals surface area contributed by atoms with Crippen LogP contribution in [0, 0.1) is 0 Å². The largest absolute Gasteiger partial charge is 0.394 e. The minimum absolute atomic E-state index is 0. The maximum Gasteiger partial charge on any atom is 0.189 e. The van der Waals surface area contributed by atoms with Crippen molar-refractivity contribution >= 4 is 18.2 Å². The molecule has 0 radical (unpaired) electrons. The van der Waals surface area contributed by atoms with E-state index < -0.39 is 37.3 Å². The van der Waals surface area contributed by atoms with Crippen LogP contribution in [0.1, 0.15) is 0 Å². The zero-order valence-electron chi connectivity index (χ0n) is 6.70. The van der Waals surface area contributed by atoms with Crippen molar-refractivity contribution in [1.29, 1.82) is 0 Å². The fourth-order valence-corrected chi connectivity index (χ4v) is 0.602. The first-order chi connectivity index (χ1) is 5.54. The van der Waals surface area contributed by atoms with Crippen molar-refractivity contribution in [3.63, 3.8) is 0 Å². The molecule has 0 saturated heterocycles. The molecule has 0 saturated carbocycles. The molecule has 0 amide bonds. The average molecular weight is 217 g/mol. The normalized spacial score (nSPS) is 17.0. The standard InChI is InChI=1S/C6H12O6.ClH/c7-1-3(9)5(11)6(12)4(10)2-8;/h3,5-9,11-12H,1-2H2;1H/t3-,5-,6-;/m1./s1. The highest BCUT2D eigenvalue weighted by molar-refractivity contribution is 5.85. The molecule has 0 bridgehead atoms. The molecule has 13 heavy (non-hydrogen) atoms.